The molecule has 42 heavy (non-hydrogen) atoms. The van der Waals surface area contributed by atoms with Crippen LogP contribution in [-0.2, 0) is 4.79 Å². The first kappa shape index (κ1) is 29.1. The van der Waals surface area contributed by atoms with Crippen molar-refractivity contribution >= 4 is 27.8 Å². The molecular formula is C31H33F2N7O2. The zero-order valence-corrected chi connectivity index (χ0v) is 24.1. The molecule has 3 heterocycles. The van der Waals surface area contributed by atoms with Crippen molar-refractivity contribution in [2.24, 2.45) is 0 Å². The van der Waals surface area contributed by atoms with Gasteiger partial charge in [-0.3, -0.25) is 4.79 Å². The highest BCUT2D eigenvalue weighted by molar-refractivity contribution is 6.06. The topological polar surface area (TPSA) is 100 Å². The molecule has 1 aliphatic rings. The predicted molar refractivity (Wildman–Crippen MR) is 156 cm³/mol. The summed E-state index contributed by atoms with van der Waals surface area (Å²) in [5, 5.41) is 18.9. The highest BCUT2D eigenvalue weighted by Gasteiger charge is 2.34. The molecule has 1 amide bonds. The number of piperidine rings is 1. The highest BCUT2D eigenvalue weighted by Crippen LogP contribution is 2.39. The maximum Gasteiger partial charge on any atom is 0.246 e. The molecule has 0 saturated carbocycles. The highest BCUT2D eigenvalue weighted by atomic mass is 19.1. The molecule has 1 fully saturated rings. The minimum absolute atomic E-state index is 0.0934. The van der Waals surface area contributed by atoms with E-state index in [2.05, 4.69) is 27.9 Å². The average Bonchev–Trinajstić information content (AvgIpc) is 3.40. The molecule has 0 radical (unpaired) electrons. The van der Waals surface area contributed by atoms with Gasteiger partial charge in [0.15, 0.2) is 11.3 Å². The first-order valence-corrected chi connectivity index (χ1v) is 13.9. The number of carbonyl (C=O) groups excluding carboxylic acids is 1. The summed E-state index contributed by atoms with van der Waals surface area (Å²) in [6.45, 7) is 8.30. The van der Waals surface area contributed by atoms with Crippen LogP contribution in [0.2, 0.25) is 0 Å². The second-order valence-electron chi connectivity index (χ2n) is 11.1. The molecule has 2 aromatic heterocycles. The van der Waals surface area contributed by atoms with Crippen molar-refractivity contribution < 1.29 is 18.3 Å². The van der Waals surface area contributed by atoms with E-state index in [1.54, 1.807) is 28.6 Å². The van der Waals surface area contributed by atoms with Gasteiger partial charge in [0.05, 0.1) is 18.5 Å². The number of aryl methyl sites for hydroxylation is 1. The van der Waals surface area contributed by atoms with Gasteiger partial charge >= 0.3 is 0 Å². The molecule has 0 N–H and O–H groups in total. The minimum Gasteiger partial charge on any atom is -0.472 e. The molecule has 218 valence electrons. The van der Waals surface area contributed by atoms with Gasteiger partial charge in [0, 0.05) is 30.1 Å². The number of fused-ring (bicyclic) bond motifs is 3. The van der Waals surface area contributed by atoms with E-state index >= 15 is 4.39 Å². The zero-order valence-electron chi connectivity index (χ0n) is 24.1. The van der Waals surface area contributed by atoms with Gasteiger partial charge in [-0.25, -0.2) is 18.4 Å². The lowest BCUT2D eigenvalue weighted by atomic mass is 9.94. The van der Waals surface area contributed by atoms with Crippen LogP contribution >= 0.6 is 0 Å². The lowest BCUT2D eigenvalue weighted by molar-refractivity contribution is -0.130. The van der Waals surface area contributed by atoms with Crippen LogP contribution in [0.25, 0.3) is 33.1 Å². The Hall–Kier alpha value is -4.43. The summed E-state index contributed by atoms with van der Waals surface area (Å²) in [4.78, 5) is 20.7. The van der Waals surface area contributed by atoms with Crippen molar-refractivity contribution in [1.29, 1.82) is 5.26 Å². The van der Waals surface area contributed by atoms with Crippen molar-refractivity contribution in [3.8, 4) is 23.1 Å². The number of halogens is 2. The Kier molecular flexibility index (Phi) is 8.18. The van der Waals surface area contributed by atoms with Gasteiger partial charge in [0.25, 0.3) is 0 Å². The smallest absolute Gasteiger partial charge is 0.246 e. The summed E-state index contributed by atoms with van der Waals surface area (Å²) in [5.74, 6) is -1.01. The van der Waals surface area contributed by atoms with Crippen LogP contribution in [0.3, 0.4) is 0 Å². The third-order valence-corrected chi connectivity index (χ3v) is 7.69. The van der Waals surface area contributed by atoms with Crippen LogP contribution in [-0.4, -0.2) is 75.0 Å². The quantitative estimate of drug-likeness (QED) is 0.267. The van der Waals surface area contributed by atoms with E-state index in [4.69, 9.17) is 4.74 Å². The van der Waals surface area contributed by atoms with Crippen LogP contribution in [0.15, 0.2) is 43.0 Å². The molecule has 2 aromatic carbocycles. The third-order valence-electron chi connectivity index (χ3n) is 7.69. The standard InChI is InChI=1S/C31H33F2N7O2/c1-6-25(41)39-14-12-23(16-22(39)11-13-34)40-30-24-15-18(2)26(20-7-9-21(32)10-8-20)27(33)28(24)35-31(29(30)36-37-40)42-19(3)17-38(4)5/h6-10,15,19,22-23H,1,11-12,14,16-17H2,2-5H3/t19-,22+,23-/m0/s1. The summed E-state index contributed by atoms with van der Waals surface area (Å²) < 4.78 is 38.1. The van der Waals surface area contributed by atoms with E-state index in [-0.39, 0.29) is 41.9 Å². The number of pyridine rings is 1. The van der Waals surface area contributed by atoms with Gasteiger partial charge in [0.1, 0.15) is 23.0 Å². The van der Waals surface area contributed by atoms with Gasteiger partial charge in [-0.05, 0) is 76.2 Å². The largest absolute Gasteiger partial charge is 0.472 e. The third kappa shape index (κ3) is 5.42. The SMILES string of the molecule is C=CC(=O)N1CC[C@H](n2nnc3c(O[C@@H](C)CN(C)C)nc4c(F)c(-c5ccc(F)cc5)c(C)cc4c32)C[C@H]1CC#N. The molecule has 0 aliphatic carbocycles. The Balaban J connectivity index is 1.70. The van der Waals surface area contributed by atoms with Crippen molar-refractivity contribution in [1.82, 2.24) is 29.8 Å². The zero-order chi connectivity index (χ0) is 30.1. The number of benzene rings is 2. The van der Waals surface area contributed by atoms with Gasteiger partial charge in [-0.2, -0.15) is 5.26 Å². The lowest BCUT2D eigenvalue weighted by Crippen LogP contribution is -2.45. The van der Waals surface area contributed by atoms with Gasteiger partial charge in [-0.15, -0.1) is 5.10 Å². The van der Waals surface area contributed by atoms with Gasteiger partial charge < -0.3 is 14.5 Å². The molecule has 11 heteroatoms. The molecule has 1 aliphatic heterocycles. The number of nitriles is 1. The molecule has 0 spiro atoms. The van der Waals surface area contributed by atoms with Crippen LogP contribution in [0.5, 0.6) is 5.88 Å². The van der Waals surface area contributed by atoms with Crippen molar-refractivity contribution in [2.75, 3.05) is 27.2 Å². The number of ether oxygens (including phenoxy) is 1. The maximum absolute atomic E-state index is 16.4. The maximum atomic E-state index is 16.4. The Labute approximate surface area is 243 Å². The summed E-state index contributed by atoms with van der Waals surface area (Å²) in [5.41, 5.74) is 2.57. The van der Waals surface area contributed by atoms with Crippen LogP contribution < -0.4 is 4.74 Å². The molecule has 5 rings (SSSR count). The first-order valence-electron chi connectivity index (χ1n) is 13.9. The summed E-state index contributed by atoms with van der Waals surface area (Å²) >= 11 is 0. The van der Waals surface area contributed by atoms with Crippen LogP contribution in [0.1, 0.15) is 37.8 Å². The van der Waals surface area contributed by atoms with Crippen LogP contribution in [0, 0.1) is 29.9 Å². The number of rotatable bonds is 8. The van der Waals surface area contributed by atoms with Crippen molar-refractivity contribution in [2.45, 2.75) is 51.3 Å². The summed E-state index contributed by atoms with van der Waals surface area (Å²) in [6, 6.07) is 9.18. The van der Waals surface area contributed by atoms with Crippen molar-refractivity contribution in [3.63, 3.8) is 0 Å². The van der Waals surface area contributed by atoms with Gasteiger partial charge in [-0.1, -0.05) is 23.9 Å². The van der Waals surface area contributed by atoms with E-state index in [0.717, 1.165) is 0 Å². The lowest BCUT2D eigenvalue weighted by Gasteiger charge is -2.38. The van der Waals surface area contributed by atoms with E-state index in [1.807, 2.05) is 32.0 Å². The molecule has 0 bridgehead atoms. The Morgan fingerprint density at radius 2 is 2.02 bits per heavy atom. The Morgan fingerprint density at radius 3 is 2.69 bits per heavy atom. The molecular weight excluding hydrogens is 540 g/mol. The monoisotopic (exact) mass is 573 g/mol. The number of likely N-dealkylation sites (tertiary alicyclic amines) is 1. The molecule has 1 saturated heterocycles. The predicted octanol–water partition coefficient (Wildman–Crippen LogP) is 5.19. The van der Waals surface area contributed by atoms with E-state index in [9.17, 15) is 14.4 Å². The fraction of sp³-hybridized carbons (Fsp3) is 0.387. The number of carbonyl (C=O) groups is 1. The number of nitrogens with zero attached hydrogens (tertiary/aromatic N) is 7. The molecule has 3 atom stereocenters. The number of likely N-dealkylation sites (N-methyl/N-ethyl adjacent to an activating group) is 1. The fourth-order valence-electron chi connectivity index (χ4n) is 5.91. The molecule has 4 aromatic rings. The summed E-state index contributed by atoms with van der Waals surface area (Å²) in [7, 11) is 3.86. The van der Waals surface area contributed by atoms with E-state index in [1.165, 1.54) is 18.2 Å². The Bertz CT molecular complexity index is 1690. The van der Waals surface area contributed by atoms with Crippen LogP contribution in [0.4, 0.5) is 8.78 Å². The fourth-order valence-corrected chi connectivity index (χ4v) is 5.91. The number of hydrogen-bond donors (Lipinski definition) is 0. The number of aromatic nitrogens is 4. The normalized spacial score (nSPS) is 17.9. The average molecular weight is 574 g/mol. The number of hydrogen-bond acceptors (Lipinski definition) is 7. The van der Waals surface area contributed by atoms with Crippen molar-refractivity contribution in [3.05, 3.63) is 60.2 Å². The van der Waals surface area contributed by atoms with E-state index < -0.39 is 11.6 Å². The first-order chi connectivity index (χ1) is 20.1. The molecule has 9 nitrogen and oxygen atoms in total. The van der Waals surface area contributed by atoms with Gasteiger partial charge in [0.2, 0.25) is 11.8 Å². The summed E-state index contributed by atoms with van der Waals surface area (Å²) in [6.07, 6.45) is 2.17. The second kappa shape index (κ2) is 11.8. The van der Waals surface area contributed by atoms with E-state index in [0.29, 0.717) is 59.0 Å². The second-order valence-corrected chi connectivity index (χ2v) is 11.1. The number of amides is 1. The Morgan fingerprint density at radius 1 is 1.29 bits per heavy atom. The minimum atomic E-state index is -0.551. The molecule has 0 unspecified atom stereocenters.